The van der Waals surface area contributed by atoms with E-state index in [0.717, 1.165) is 16.1 Å². The van der Waals surface area contributed by atoms with Crippen LogP contribution in [0.4, 0.5) is 0 Å². The van der Waals surface area contributed by atoms with Gasteiger partial charge in [0.25, 0.3) is 5.19 Å². The molecule has 4 heteroatoms. The van der Waals surface area contributed by atoms with E-state index in [9.17, 15) is 5.11 Å². The Kier molecular flexibility index (Phi) is 3.45. The van der Waals surface area contributed by atoms with Crippen molar-refractivity contribution in [2.24, 2.45) is 0 Å². The van der Waals surface area contributed by atoms with Crippen molar-refractivity contribution >= 4 is 11.3 Å². The summed E-state index contributed by atoms with van der Waals surface area (Å²) in [5.41, 5.74) is 4.31. The van der Waals surface area contributed by atoms with Crippen LogP contribution >= 0.6 is 11.3 Å². The maximum atomic E-state index is 9.33. The van der Waals surface area contributed by atoms with Gasteiger partial charge in [-0.05, 0) is 31.0 Å². The standard InChI is InChI=1S/C13H15NO2S/c1-8-4-5-10(6-9(8)2)12-11(7-15)17-13(14-12)16-3/h4-6,15H,7H2,1-3H3. The van der Waals surface area contributed by atoms with Gasteiger partial charge in [-0.25, -0.2) is 4.98 Å². The summed E-state index contributed by atoms with van der Waals surface area (Å²) in [5, 5.41) is 9.91. The SMILES string of the molecule is COc1nc(-c2ccc(C)c(C)c2)c(CO)s1. The lowest BCUT2D eigenvalue weighted by molar-refractivity contribution is 0.286. The number of hydrogen-bond acceptors (Lipinski definition) is 4. The predicted molar refractivity (Wildman–Crippen MR) is 69.5 cm³/mol. The van der Waals surface area contributed by atoms with E-state index in [4.69, 9.17) is 4.74 Å². The number of aliphatic hydroxyl groups is 1. The van der Waals surface area contributed by atoms with Crippen LogP contribution in [0.1, 0.15) is 16.0 Å². The first-order valence-electron chi connectivity index (χ1n) is 5.38. The monoisotopic (exact) mass is 249 g/mol. The third kappa shape index (κ3) is 2.33. The maximum absolute atomic E-state index is 9.33. The molecule has 1 aromatic heterocycles. The molecule has 0 aliphatic heterocycles. The van der Waals surface area contributed by atoms with Gasteiger partial charge in [0.15, 0.2) is 0 Å². The molecule has 0 bridgehead atoms. The van der Waals surface area contributed by atoms with E-state index in [1.54, 1.807) is 7.11 Å². The van der Waals surface area contributed by atoms with E-state index >= 15 is 0 Å². The molecule has 2 aromatic rings. The Labute approximate surface area is 105 Å². The van der Waals surface area contributed by atoms with E-state index < -0.39 is 0 Å². The van der Waals surface area contributed by atoms with E-state index in [0.29, 0.717) is 5.19 Å². The summed E-state index contributed by atoms with van der Waals surface area (Å²) >= 11 is 1.38. The van der Waals surface area contributed by atoms with Gasteiger partial charge < -0.3 is 9.84 Å². The van der Waals surface area contributed by atoms with Gasteiger partial charge >= 0.3 is 0 Å². The van der Waals surface area contributed by atoms with Crippen molar-refractivity contribution in [2.75, 3.05) is 7.11 Å². The van der Waals surface area contributed by atoms with Crippen molar-refractivity contribution in [3.8, 4) is 16.5 Å². The Balaban J connectivity index is 2.51. The highest BCUT2D eigenvalue weighted by Crippen LogP contribution is 2.33. The average Bonchev–Trinajstić information content (AvgIpc) is 2.76. The maximum Gasteiger partial charge on any atom is 0.273 e. The fraction of sp³-hybridized carbons (Fsp3) is 0.308. The molecule has 0 aliphatic rings. The molecular weight excluding hydrogens is 234 g/mol. The van der Waals surface area contributed by atoms with Crippen LogP contribution in [0.15, 0.2) is 18.2 Å². The van der Waals surface area contributed by atoms with Crippen molar-refractivity contribution in [2.45, 2.75) is 20.5 Å². The highest BCUT2D eigenvalue weighted by atomic mass is 32.1. The van der Waals surface area contributed by atoms with Crippen LogP contribution in [0.3, 0.4) is 0 Å². The zero-order valence-corrected chi connectivity index (χ0v) is 11.0. The quantitative estimate of drug-likeness (QED) is 0.909. The minimum atomic E-state index is -0.0106. The first-order valence-corrected chi connectivity index (χ1v) is 6.19. The second-order valence-electron chi connectivity index (χ2n) is 3.91. The normalized spacial score (nSPS) is 10.6. The Hall–Kier alpha value is -1.39. The number of nitrogens with zero attached hydrogens (tertiary/aromatic N) is 1. The zero-order valence-electron chi connectivity index (χ0n) is 10.2. The molecule has 0 unspecified atom stereocenters. The van der Waals surface area contributed by atoms with Crippen LogP contribution in [0.2, 0.25) is 0 Å². The minimum Gasteiger partial charge on any atom is -0.473 e. The molecule has 0 saturated carbocycles. The number of thiazole rings is 1. The molecule has 0 atom stereocenters. The lowest BCUT2D eigenvalue weighted by Gasteiger charge is -2.04. The van der Waals surface area contributed by atoms with Crippen molar-refractivity contribution in [1.82, 2.24) is 4.98 Å². The van der Waals surface area contributed by atoms with E-state index in [2.05, 4.69) is 31.0 Å². The molecule has 0 aliphatic carbocycles. The van der Waals surface area contributed by atoms with Crippen molar-refractivity contribution in [3.63, 3.8) is 0 Å². The second kappa shape index (κ2) is 4.85. The van der Waals surface area contributed by atoms with Gasteiger partial charge in [0, 0.05) is 5.56 Å². The van der Waals surface area contributed by atoms with Gasteiger partial charge in [0.1, 0.15) is 0 Å². The number of aromatic nitrogens is 1. The lowest BCUT2D eigenvalue weighted by Crippen LogP contribution is -1.88. The second-order valence-corrected chi connectivity index (χ2v) is 4.96. The van der Waals surface area contributed by atoms with Crippen LogP contribution in [0.5, 0.6) is 5.19 Å². The van der Waals surface area contributed by atoms with Crippen molar-refractivity contribution in [3.05, 3.63) is 34.2 Å². The van der Waals surface area contributed by atoms with E-state index in [1.807, 2.05) is 6.07 Å². The first-order chi connectivity index (χ1) is 8.15. The zero-order chi connectivity index (χ0) is 12.4. The molecule has 0 saturated heterocycles. The largest absolute Gasteiger partial charge is 0.473 e. The summed E-state index contributed by atoms with van der Waals surface area (Å²) in [5.74, 6) is 0. The summed E-state index contributed by atoms with van der Waals surface area (Å²) in [4.78, 5) is 5.21. The topological polar surface area (TPSA) is 42.4 Å². The van der Waals surface area contributed by atoms with Crippen LogP contribution in [0.25, 0.3) is 11.3 Å². The number of ether oxygens (including phenoxy) is 1. The predicted octanol–water partition coefficient (Wildman–Crippen LogP) is 2.93. The molecule has 0 amide bonds. The highest BCUT2D eigenvalue weighted by molar-refractivity contribution is 7.13. The van der Waals surface area contributed by atoms with Gasteiger partial charge in [-0.15, -0.1) is 0 Å². The third-order valence-corrected chi connectivity index (χ3v) is 3.78. The molecule has 0 spiro atoms. The smallest absolute Gasteiger partial charge is 0.273 e. The number of methoxy groups -OCH3 is 1. The average molecular weight is 249 g/mol. The summed E-state index contributed by atoms with van der Waals surface area (Å²) in [6, 6.07) is 6.18. The molecule has 1 N–H and O–H groups in total. The molecular formula is C13H15NO2S. The molecule has 17 heavy (non-hydrogen) atoms. The van der Waals surface area contributed by atoms with Gasteiger partial charge in [0.05, 0.1) is 24.3 Å². The first kappa shape index (κ1) is 12.1. The van der Waals surface area contributed by atoms with E-state index in [1.165, 1.54) is 22.5 Å². The Morgan fingerprint density at radius 3 is 2.65 bits per heavy atom. The summed E-state index contributed by atoms with van der Waals surface area (Å²) in [7, 11) is 1.59. The molecule has 1 heterocycles. The highest BCUT2D eigenvalue weighted by Gasteiger charge is 2.13. The molecule has 2 rings (SSSR count). The number of hydrogen-bond donors (Lipinski definition) is 1. The molecule has 0 radical (unpaired) electrons. The molecule has 1 aromatic carbocycles. The van der Waals surface area contributed by atoms with Crippen molar-refractivity contribution in [1.29, 1.82) is 0 Å². The Morgan fingerprint density at radius 1 is 1.29 bits per heavy atom. The molecule has 90 valence electrons. The fourth-order valence-corrected chi connectivity index (χ4v) is 2.39. The Morgan fingerprint density at radius 2 is 2.06 bits per heavy atom. The van der Waals surface area contributed by atoms with Gasteiger partial charge in [-0.2, -0.15) is 0 Å². The summed E-state index contributed by atoms with van der Waals surface area (Å²) in [6.45, 7) is 4.14. The summed E-state index contributed by atoms with van der Waals surface area (Å²) in [6.07, 6.45) is 0. The van der Waals surface area contributed by atoms with Gasteiger partial charge in [-0.1, -0.05) is 23.5 Å². The van der Waals surface area contributed by atoms with Crippen molar-refractivity contribution < 1.29 is 9.84 Å². The van der Waals surface area contributed by atoms with Crippen LogP contribution in [-0.2, 0) is 6.61 Å². The number of rotatable bonds is 3. The lowest BCUT2D eigenvalue weighted by atomic mass is 10.0. The third-order valence-electron chi connectivity index (χ3n) is 2.78. The van der Waals surface area contributed by atoms with Gasteiger partial charge in [-0.3, -0.25) is 0 Å². The van der Waals surface area contributed by atoms with Crippen LogP contribution < -0.4 is 4.74 Å². The van der Waals surface area contributed by atoms with Crippen LogP contribution in [-0.4, -0.2) is 17.2 Å². The van der Waals surface area contributed by atoms with Crippen LogP contribution in [0, 0.1) is 13.8 Å². The summed E-state index contributed by atoms with van der Waals surface area (Å²) < 4.78 is 5.11. The number of benzene rings is 1. The number of aliphatic hydroxyl groups excluding tert-OH is 1. The van der Waals surface area contributed by atoms with Gasteiger partial charge in [0.2, 0.25) is 0 Å². The Bertz CT molecular complexity index is 534. The molecule has 0 fully saturated rings. The fourth-order valence-electron chi connectivity index (χ4n) is 1.64. The molecule has 3 nitrogen and oxygen atoms in total. The number of aryl methyl sites for hydroxylation is 2. The minimum absolute atomic E-state index is 0.0106. The van der Waals surface area contributed by atoms with E-state index in [-0.39, 0.29) is 6.61 Å².